The van der Waals surface area contributed by atoms with Gasteiger partial charge < -0.3 is 4.57 Å². The summed E-state index contributed by atoms with van der Waals surface area (Å²) in [6.45, 7) is 0. The van der Waals surface area contributed by atoms with Gasteiger partial charge in [0.2, 0.25) is 0 Å². The largest absolute Gasteiger partial charge is 0.350 e. The predicted molar refractivity (Wildman–Crippen MR) is 72.7 cm³/mol. The van der Waals surface area contributed by atoms with Crippen LogP contribution in [0, 0.1) is 0 Å². The number of halogens is 1. The molecular formula is C12H12ClNO3S. The molecule has 1 heterocycles. The number of pyridine rings is 1. The number of benzene rings is 1. The van der Waals surface area contributed by atoms with Crippen LogP contribution in [0.15, 0.2) is 29.2 Å². The molecule has 0 fully saturated rings. The Morgan fingerprint density at radius 3 is 2.61 bits per heavy atom. The zero-order chi connectivity index (χ0) is 13.5. The van der Waals surface area contributed by atoms with Crippen LogP contribution >= 0.6 is 11.6 Å². The first-order valence-electron chi connectivity index (χ1n) is 5.23. The van der Waals surface area contributed by atoms with Crippen molar-refractivity contribution in [3.05, 3.63) is 45.2 Å². The molecule has 1 aromatic carbocycles. The van der Waals surface area contributed by atoms with E-state index in [-0.39, 0.29) is 16.7 Å². The maximum atomic E-state index is 12.2. The molecule has 4 nitrogen and oxygen atoms in total. The summed E-state index contributed by atoms with van der Waals surface area (Å²) in [4.78, 5) is 12.2. The minimum absolute atomic E-state index is 0.259. The van der Waals surface area contributed by atoms with E-state index in [1.165, 1.54) is 0 Å². The highest BCUT2D eigenvalue weighted by atomic mass is 35.5. The molecule has 0 amide bonds. The quantitative estimate of drug-likeness (QED) is 0.844. The van der Waals surface area contributed by atoms with Crippen molar-refractivity contribution in [2.45, 2.75) is 5.75 Å². The van der Waals surface area contributed by atoms with Gasteiger partial charge in [-0.1, -0.05) is 11.6 Å². The van der Waals surface area contributed by atoms with Crippen LogP contribution < -0.4 is 5.43 Å². The molecule has 0 saturated heterocycles. The highest BCUT2D eigenvalue weighted by molar-refractivity contribution is 7.89. The predicted octanol–water partition coefficient (Wildman–Crippen LogP) is 1.74. The molecular weight excluding hydrogens is 274 g/mol. The first kappa shape index (κ1) is 13.1. The molecule has 0 spiro atoms. The van der Waals surface area contributed by atoms with Gasteiger partial charge in [-0.3, -0.25) is 4.79 Å². The minimum atomic E-state index is -3.24. The SMILES string of the molecule is Cn1cc(CS(C)(=O)=O)c(=O)c2cc(Cl)ccc21. The molecule has 0 saturated carbocycles. The first-order valence-corrected chi connectivity index (χ1v) is 7.67. The fraction of sp³-hybridized carbons (Fsp3) is 0.250. The van der Waals surface area contributed by atoms with E-state index >= 15 is 0 Å². The molecule has 0 N–H and O–H groups in total. The highest BCUT2D eigenvalue weighted by Gasteiger charge is 2.12. The highest BCUT2D eigenvalue weighted by Crippen LogP contribution is 2.17. The second-order valence-electron chi connectivity index (χ2n) is 4.33. The van der Waals surface area contributed by atoms with Gasteiger partial charge in [0.05, 0.1) is 11.3 Å². The zero-order valence-corrected chi connectivity index (χ0v) is 11.5. The van der Waals surface area contributed by atoms with Gasteiger partial charge in [-0.25, -0.2) is 8.42 Å². The van der Waals surface area contributed by atoms with Gasteiger partial charge in [0.15, 0.2) is 15.3 Å². The van der Waals surface area contributed by atoms with Crippen molar-refractivity contribution >= 4 is 32.3 Å². The Morgan fingerprint density at radius 1 is 1.33 bits per heavy atom. The van der Waals surface area contributed by atoms with Gasteiger partial charge in [-0.2, -0.15) is 0 Å². The van der Waals surface area contributed by atoms with E-state index in [1.807, 2.05) is 0 Å². The van der Waals surface area contributed by atoms with E-state index in [1.54, 1.807) is 36.0 Å². The molecule has 0 bridgehead atoms. The topological polar surface area (TPSA) is 56.1 Å². The summed E-state index contributed by atoms with van der Waals surface area (Å²) in [7, 11) is -1.48. The maximum absolute atomic E-state index is 12.2. The fourth-order valence-electron chi connectivity index (χ4n) is 1.92. The standard InChI is InChI=1S/C12H12ClNO3S/c1-14-6-8(7-18(2,16)17)12(15)10-5-9(13)3-4-11(10)14/h3-6H,7H2,1-2H3. The average molecular weight is 286 g/mol. The molecule has 0 radical (unpaired) electrons. The molecule has 0 aliphatic carbocycles. The number of hydrogen-bond donors (Lipinski definition) is 0. The second kappa shape index (κ2) is 4.40. The van der Waals surface area contributed by atoms with E-state index in [4.69, 9.17) is 11.6 Å². The third kappa shape index (κ3) is 2.57. The number of rotatable bonds is 2. The van der Waals surface area contributed by atoms with Crippen molar-refractivity contribution in [1.82, 2.24) is 4.57 Å². The van der Waals surface area contributed by atoms with Crippen LogP contribution in [-0.4, -0.2) is 19.2 Å². The Balaban J connectivity index is 2.79. The summed E-state index contributed by atoms with van der Waals surface area (Å²) < 4.78 is 24.3. The van der Waals surface area contributed by atoms with Gasteiger partial charge in [0.25, 0.3) is 0 Å². The van der Waals surface area contributed by atoms with Crippen LogP contribution in [0.5, 0.6) is 0 Å². The zero-order valence-electron chi connectivity index (χ0n) is 9.97. The molecule has 6 heteroatoms. The van der Waals surface area contributed by atoms with Crippen molar-refractivity contribution in [2.75, 3.05) is 6.26 Å². The van der Waals surface area contributed by atoms with E-state index in [0.29, 0.717) is 10.4 Å². The maximum Gasteiger partial charge on any atom is 0.193 e. The van der Waals surface area contributed by atoms with Crippen molar-refractivity contribution in [3.8, 4) is 0 Å². The number of nitrogens with zero attached hydrogens (tertiary/aromatic N) is 1. The van der Waals surface area contributed by atoms with Gasteiger partial charge in [-0.15, -0.1) is 0 Å². The summed E-state index contributed by atoms with van der Waals surface area (Å²) in [5, 5.41) is 0.891. The Morgan fingerprint density at radius 2 is 2.00 bits per heavy atom. The fourth-order valence-corrected chi connectivity index (χ4v) is 2.86. The monoisotopic (exact) mass is 285 g/mol. The average Bonchev–Trinajstić information content (AvgIpc) is 2.23. The summed E-state index contributed by atoms with van der Waals surface area (Å²) in [6.07, 6.45) is 2.66. The van der Waals surface area contributed by atoms with Crippen molar-refractivity contribution in [1.29, 1.82) is 0 Å². The van der Waals surface area contributed by atoms with Gasteiger partial charge in [0.1, 0.15) is 0 Å². The lowest BCUT2D eigenvalue weighted by Gasteiger charge is -2.08. The summed E-state index contributed by atoms with van der Waals surface area (Å²) in [6, 6.07) is 4.99. The lowest BCUT2D eigenvalue weighted by molar-refractivity contribution is 0.601. The van der Waals surface area contributed by atoms with Crippen LogP contribution in [0.1, 0.15) is 5.56 Å². The van der Waals surface area contributed by atoms with Crippen LogP contribution in [0.2, 0.25) is 5.02 Å². The van der Waals surface area contributed by atoms with Gasteiger partial charge >= 0.3 is 0 Å². The van der Waals surface area contributed by atoms with Crippen molar-refractivity contribution < 1.29 is 8.42 Å². The summed E-state index contributed by atoms with van der Waals surface area (Å²) >= 11 is 5.86. The summed E-state index contributed by atoms with van der Waals surface area (Å²) in [5.74, 6) is -0.262. The number of aryl methyl sites for hydroxylation is 1. The Bertz CT molecular complexity index is 778. The molecule has 96 valence electrons. The summed E-state index contributed by atoms with van der Waals surface area (Å²) in [5.41, 5.74) is 0.701. The third-order valence-electron chi connectivity index (χ3n) is 2.64. The number of aromatic nitrogens is 1. The van der Waals surface area contributed by atoms with E-state index in [2.05, 4.69) is 0 Å². The lowest BCUT2D eigenvalue weighted by Crippen LogP contribution is -2.16. The number of sulfone groups is 1. The molecule has 0 atom stereocenters. The molecule has 1 aromatic heterocycles. The Labute approximate surface area is 110 Å². The Kier molecular flexibility index (Phi) is 3.21. The van der Waals surface area contributed by atoms with Crippen LogP contribution in [0.25, 0.3) is 10.9 Å². The molecule has 0 unspecified atom stereocenters. The lowest BCUT2D eigenvalue weighted by atomic mass is 10.1. The van der Waals surface area contributed by atoms with Crippen molar-refractivity contribution in [3.63, 3.8) is 0 Å². The smallest absolute Gasteiger partial charge is 0.193 e. The van der Waals surface area contributed by atoms with Crippen LogP contribution in [0.3, 0.4) is 0 Å². The molecule has 0 aliphatic rings. The first-order chi connectivity index (χ1) is 8.28. The Hall–Kier alpha value is -1.33. The van der Waals surface area contributed by atoms with Gasteiger partial charge in [-0.05, 0) is 18.2 Å². The normalized spacial score (nSPS) is 11.9. The van der Waals surface area contributed by atoms with Gasteiger partial charge in [0, 0.05) is 35.5 Å². The second-order valence-corrected chi connectivity index (χ2v) is 6.90. The third-order valence-corrected chi connectivity index (χ3v) is 3.71. The van der Waals surface area contributed by atoms with Crippen molar-refractivity contribution in [2.24, 2.45) is 7.05 Å². The molecule has 2 rings (SSSR count). The number of fused-ring (bicyclic) bond motifs is 1. The minimum Gasteiger partial charge on any atom is -0.350 e. The van der Waals surface area contributed by atoms with E-state index in [0.717, 1.165) is 11.8 Å². The molecule has 18 heavy (non-hydrogen) atoms. The van der Waals surface area contributed by atoms with E-state index < -0.39 is 9.84 Å². The van der Waals surface area contributed by atoms with E-state index in [9.17, 15) is 13.2 Å². The van der Waals surface area contributed by atoms with Crippen LogP contribution in [0.4, 0.5) is 0 Å². The molecule has 2 aromatic rings. The van der Waals surface area contributed by atoms with Crippen LogP contribution in [-0.2, 0) is 22.6 Å². The number of hydrogen-bond acceptors (Lipinski definition) is 3. The molecule has 0 aliphatic heterocycles.